The molecule has 0 bridgehead atoms. The Bertz CT molecular complexity index is 379. The molecule has 1 rings (SSSR count). The van der Waals surface area contributed by atoms with Crippen molar-refractivity contribution >= 4 is 5.91 Å². The number of hydrazine groups is 1. The molecule has 1 aromatic rings. The zero-order chi connectivity index (χ0) is 12.1. The molecule has 0 spiro atoms. The van der Waals surface area contributed by atoms with Crippen LogP contribution < -0.4 is 16.0 Å². The highest BCUT2D eigenvalue weighted by Crippen LogP contribution is 2.18. The molecule has 0 aromatic carbocycles. The van der Waals surface area contributed by atoms with Crippen LogP contribution in [-0.4, -0.2) is 17.0 Å². The van der Waals surface area contributed by atoms with E-state index in [9.17, 15) is 4.79 Å². The van der Waals surface area contributed by atoms with Crippen molar-refractivity contribution < 1.29 is 9.53 Å². The average molecular weight is 223 g/mol. The van der Waals surface area contributed by atoms with Gasteiger partial charge in [-0.25, -0.2) is 5.84 Å². The molecule has 1 amide bonds. The first-order chi connectivity index (χ1) is 7.58. The molecule has 88 valence electrons. The first-order valence-corrected chi connectivity index (χ1v) is 5.22. The van der Waals surface area contributed by atoms with Gasteiger partial charge in [0.25, 0.3) is 5.91 Å². The second-order valence-electron chi connectivity index (χ2n) is 3.52. The predicted molar refractivity (Wildman–Crippen MR) is 60.8 cm³/mol. The van der Waals surface area contributed by atoms with Crippen molar-refractivity contribution in [2.24, 2.45) is 5.84 Å². The fraction of sp³-hybridized carbons (Fsp3) is 0.455. The molecule has 1 aromatic heterocycles. The van der Waals surface area contributed by atoms with Crippen molar-refractivity contribution in [3.8, 4) is 5.75 Å². The number of nitrogens with one attached hydrogen (secondary N) is 1. The Hall–Kier alpha value is -1.62. The highest BCUT2D eigenvalue weighted by molar-refractivity contribution is 5.80. The van der Waals surface area contributed by atoms with Crippen LogP contribution in [0, 0.1) is 6.92 Å². The number of pyridine rings is 1. The third-order valence-corrected chi connectivity index (χ3v) is 2.22. The number of ether oxygens (including phenoxy) is 1. The number of aromatic nitrogens is 1. The van der Waals surface area contributed by atoms with Crippen LogP contribution in [0.2, 0.25) is 0 Å². The SMILES string of the molecule is CCc1nc(C)ccc1OC(C)C(=O)NN. The minimum absolute atomic E-state index is 0.359. The summed E-state index contributed by atoms with van der Waals surface area (Å²) >= 11 is 0. The number of carbonyl (C=O) groups excluding carboxylic acids is 1. The molecule has 0 radical (unpaired) electrons. The van der Waals surface area contributed by atoms with Crippen LogP contribution in [0.25, 0.3) is 0 Å². The molecule has 0 aliphatic carbocycles. The molecular formula is C11H17N3O2. The first-order valence-electron chi connectivity index (χ1n) is 5.22. The molecule has 5 nitrogen and oxygen atoms in total. The topological polar surface area (TPSA) is 77.2 Å². The van der Waals surface area contributed by atoms with Gasteiger partial charge in [0.15, 0.2) is 6.10 Å². The second kappa shape index (κ2) is 5.46. The van der Waals surface area contributed by atoms with Crippen LogP contribution in [0.4, 0.5) is 0 Å². The Morgan fingerprint density at radius 1 is 1.62 bits per heavy atom. The number of amides is 1. The van der Waals surface area contributed by atoms with Gasteiger partial charge in [-0.3, -0.25) is 15.2 Å². The minimum atomic E-state index is -0.625. The van der Waals surface area contributed by atoms with E-state index < -0.39 is 6.10 Å². The summed E-state index contributed by atoms with van der Waals surface area (Å²) < 4.78 is 5.49. The number of rotatable bonds is 4. The van der Waals surface area contributed by atoms with Crippen molar-refractivity contribution in [2.45, 2.75) is 33.3 Å². The van der Waals surface area contributed by atoms with Crippen LogP contribution in [0.3, 0.4) is 0 Å². The lowest BCUT2D eigenvalue weighted by Crippen LogP contribution is -2.40. The van der Waals surface area contributed by atoms with Crippen molar-refractivity contribution in [2.75, 3.05) is 0 Å². The third-order valence-electron chi connectivity index (χ3n) is 2.22. The van der Waals surface area contributed by atoms with Crippen molar-refractivity contribution in [1.29, 1.82) is 0 Å². The van der Waals surface area contributed by atoms with Crippen LogP contribution in [0.1, 0.15) is 25.2 Å². The van der Waals surface area contributed by atoms with Crippen LogP contribution >= 0.6 is 0 Å². The Morgan fingerprint density at radius 3 is 2.88 bits per heavy atom. The number of carbonyl (C=O) groups is 1. The van der Waals surface area contributed by atoms with E-state index >= 15 is 0 Å². The fourth-order valence-electron chi connectivity index (χ4n) is 1.32. The summed E-state index contributed by atoms with van der Waals surface area (Å²) in [5.74, 6) is 5.30. The fourth-order valence-corrected chi connectivity index (χ4v) is 1.32. The van der Waals surface area contributed by atoms with E-state index in [1.807, 2.05) is 31.4 Å². The predicted octanol–water partition coefficient (Wildman–Crippen LogP) is 0.710. The van der Waals surface area contributed by atoms with Crippen molar-refractivity contribution in [3.63, 3.8) is 0 Å². The number of aryl methyl sites for hydroxylation is 2. The Labute approximate surface area is 95.0 Å². The van der Waals surface area contributed by atoms with Gasteiger partial charge in [0.05, 0.1) is 5.69 Å². The number of hydrogen-bond donors (Lipinski definition) is 2. The summed E-state index contributed by atoms with van der Waals surface area (Å²) in [7, 11) is 0. The summed E-state index contributed by atoms with van der Waals surface area (Å²) in [6.07, 6.45) is 0.133. The molecule has 1 unspecified atom stereocenters. The normalized spacial score (nSPS) is 12.0. The summed E-state index contributed by atoms with van der Waals surface area (Å²) in [5, 5.41) is 0. The molecule has 0 aliphatic rings. The Kier molecular flexibility index (Phi) is 4.25. The molecule has 1 heterocycles. The zero-order valence-electron chi connectivity index (χ0n) is 9.78. The second-order valence-corrected chi connectivity index (χ2v) is 3.52. The van der Waals surface area contributed by atoms with E-state index in [1.165, 1.54) is 0 Å². The van der Waals surface area contributed by atoms with Crippen molar-refractivity contribution in [3.05, 3.63) is 23.5 Å². The maximum Gasteiger partial charge on any atom is 0.274 e. The molecule has 0 aliphatic heterocycles. The molecule has 0 fully saturated rings. The van der Waals surface area contributed by atoms with E-state index in [4.69, 9.17) is 10.6 Å². The van der Waals surface area contributed by atoms with Gasteiger partial charge >= 0.3 is 0 Å². The summed E-state index contributed by atoms with van der Waals surface area (Å²) in [5.41, 5.74) is 3.82. The molecule has 3 N–H and O–H groups in total. The van der Waals surface area contributed by atoms with Crippen molar-refractivity contribution in [1.82, 2.24) is 10.4 Å². The Morgan fingerprint density at radius 2 is 2.31 bits per heavy atom. The lowest BCUT2D eigenvalue weighted by molar-refractivity contribution is -0.127. The quantitative estimate of drug-likeness (QED) is 0.447. The monoisotopic (exact) mass is 223 g/mol. The van der Waals surface area contributed by atoms with Crippen LogP contribution in [0.5, 0.6) is 5.75 Å². The number of nitrogens with two attached hydrogens (primary N) is 1. The molecule has 1 atom stereocenters. The maximum absolute atomic E-state index is 11.2. The third kappa shape index (κ3) is 2.93. The lowest BCUT2D eigenvalue weighted by atomic mass is 10.2. The minimum Gasteiger partial charge on any atom is -0.479 e. The van der Waals surface area contributed by atoms with E-state index in [2.05, 4.69) is 4.98 Å². The number of nitrogens with zero attached hydrogens (tertiary/aromatic N) is 1. The van der Waals surface area contributed by atoms with Gasteiger partial charge in [-0.05, 0) is 32.4 Å². The van der Waals surface area contributed by atoms with Crippen LogP contribution in [0.15, 0.2) is 12.1 Å². The summed E-state index contributed by atoms with van der Waals surface area (Å²) in [4.78, 5) is 15.5. The molecule has 0 saturated heterocycles. The highest BCUT2D eigenvalue weighted by atomic mass is 16.5. The Balaban J connectivity index is 2.84. The van der Waals surface area contributed by atoms with Gasteiger partial charge in [0, 0.05) is 5.69 Å². The van der Waals surface area contributed by atoms with Crippen LogP contribution in [-0.2, 0) is 11.2 Å². The van der Waals surface area contributed by atoms with Gasteiger partial charge in [0.2, 0.25) is 0 Å². The molecular weight excluding hydrogens is 206 g/mol. The standard InChI is InChI=1S/C11H17N3O2/c1-4-9-10(6-5-7(2)13-9)16-8(3)11(15)14-12/h5-6,8H,4,12H2,1-3H3,(H,14,15). The van der Waals surface area contributed by atoms with Gasteiger partial charge in [-0.2, -0.15) is 0 Å². The average Bonchev–Trinajstić information content (AvgIpc) is 2.30. The largest absolute Gasteiger partial charge is 0.479 e. The van der Waals surface area contributed by atoms with Gasteiger partial charge < -0.3 is 4.74 Å². The van der Waals surface area contributed by atoms with Gasteiger partial charge in [-0.1, -0.05) is 6.92 Å². The maximum atomic E-state index is 11.2. The van der Waals surface area contributed by atoms with Gasteiger partial charge in [-0.15, -0.1) is 0 Å². The van der Waals surface area contributed by atoms with E-state index in [-0.39, 0.29) is 5.91 Å². The smallest absolute Gasteiger partial charge is 0.274 e. The number of hydrogen-bond acceptors (Lipinski definition) is 4. The van der Waals surface area contributed by atoms with Gasteiger partial charge in [0.1, 0.15) is 5.75 Å². The summed E-state index contributed by atoms with van der Waals surface area (Å²) in [6.45, 7) is 5.54. The van der Waals surface area contributed by atoms with E-state index in [1.54, 1.807) is 6.92 Å². The first kappa shape index (κ1) is 12.4. The lowest BCUT2D eigenvalue weighted by Gasteiger charge is -2.15. The molecule has 0 saturated carbocycles. The zero-order valence-corrected chi connectivity index (χ0v) is 9.78. The molecule has 16 heavy (non-hydrogen) atoms. The summed E-state index contributed by atoms with van der Waals surface area (Å²) in [6, 6.07) is 3.67. The van der Waals surface area contributed by atoms with E-state index in [0.717, 1.165) is 17.8 Å². The highest BCUT2D eigenvalue weighted by Gasteiger charge is 2.15. The van der Waals surface area contributed by atoms with E-state index in [0.29, 0.717) is 5.75 Å². The molecule has 5 heteroatoms.